The minimum atomic E-state index is -0.446. The van der Waals surface area contributed by atoms with Crippen molar-refractivity contribution in [1.29, 1.82) is 5.26 Å². The Hall–Kier alpha value is -2.55. The first kappa shape index (κ1) is 16.5. The van der Waals surface area contributed by atoms with Crippen molar-refractivity contribution in [1.82, 2.24) is 10.9 Å². The molecule has 0 radical (unpaired) electrons. The molecule has 0 unspecified atom stereocenters. The molecule has 21 heavy (non-hydrogen) atoms. The molecule has 6 heteroatoms. The van der Waals surface area contributed by atoms with Crippen molar-refractivity contribution in [3.63, 3.8) is 0 Å². The van der Waals surface area contributed by atoms with Crippen LogP contribution < -0.4 is 15.6 Å². The smallest absolute Gasteiger partial charge is 0.276 e. The van der Waals surface area contributed by atoms with Crippen molar-refractivity contribution < 1.29 is 14.3 Å². The molecule has 2 amide bonds. The molecule has 0 spiro atoms. The number of hydrogen-bond donors (Lipinski definition) is 2. The summed E-state index contributed by atoms with van der Waals surface area (Å²) in [6.07, 6.45) is 1.44. The van der Waals surface area contributed by atoms with Gasteiger partial charge in [-0.15, -0.1) is 0 Å². The molecule has 1 rings (SSSR count). The number of ether oxygens (including phenoxy) is 1. The summed E-state index contributed by atoms with van der Waals surface area (Å²) in [5.74, 6) is -0.273. The van der Waals surface area contributed by atoms with Crippen LogP contribution in [0.4, 0.5) is 0 Å². The highest BCUT2D eigenvalue weighted by atomic mass is 16.5. The van der Waals surface area contributed by atoms with Gasteiger partial charge < -0.3 is 4.74 Å². The molecule has 0 atom stereocenters. The summed E-state index contributed by atoms with van der Waals surface area (Å²) in [4.78, 5) is 23.2. The van der Waals surface area contributed by atoms with Gasteiger partial charge in [-0.2, -0.15) is 5.26 Å². The first-order valence-corrected chi connectivity index (χ1v) is 6.82. The fourth-order valence-electron chi connectivity index (χ4n) is 1.70. The standard InChI is InChI=1S/C15H19N3O3/c1-3-12(4-2)15(20)18-17-14(19)10-21-13-7-5-11(9-16)6-8-13/h5-8,12H,3-4,10H2,1-2H3,(H,17,19)(H,18,20). The number of benzene rings is 1. The average molecular weight is 289 g/mol. The molecular weight excluding hydrogens is 270 g/mol. The summed E-state index contributed by atoms with van der Waals surface area (Å²) in [5.41, 5.74) is 5.20. The van der Waals surface area contributed by atoms with Gasteiger partial charge in [0.1, 0.15) is 5.75 Å². The van der Waals surface area contributed by atoms with E-state index in [1.807, 2.05) is 19.9 Å². The van der Waals surface area contributed by atoms with E-state index in [9.17, 15) is 9.59 Å². The molecule has 6 nitrogen and oxygen atoms in total. The maximum atomic E-state index is 11.7. The van der Waals surface area contributed by atoms with E-state index in [4.69, 9.17) is 10.00 Å². The van der Waals surface area contributed by atoms with E-state index >= 15 is 0 Å². The van der Waals surface area contributed by atoms with Crippen LogP contribution in [0.5, 0.6) is 5.75 Å². The molecule has 0 saturated heterocycles. The Morgan fingerprint density at radius 1 is 1.19 bits per heavy atom. The number of amides is 2. The molecule has 0 aromatic heterocycles. The molecule has 0 saturated carbocycles. The van der Waals surface area contributed by atoms with E-state index < -0.39 is 5.91 Å². The summed E-state index contributed by atoms with van der Waals surface area (Å²) in [7, 11) is 0. The van der Waals surface area contributed by atoms with Crippen LogP contribution in [0.1, 0.15) is 32.3 Å². The van der Waals surface area contributed by atoms with Crippen molar-refractivity contribution in [3.05, 3.63) is 29.8 Å². The topological polar surface area (TPSA) is 91.2 Å². The van der Waals surface area contributed by atoms with Gasteiger partial charge in [-0.3, -0.25) is 20.4 Å². The maximum Gasteiger partial charge on any atom is 0.276 e. The predicted molar refractivity (Wildman–Crippen MR) is 77.0 cm³/mol. The fourth-order valence-corrected chi connectivity index (χ4v) is 1.70. The van der Waals surface area contributed by atoms with Crippen molar-refractivity contribution in [2.45, 2.75) is 26.7 Å². The number of hydrogen-bond acceptors (Lipinski definition) is 4. The number of nitrogens with zero attached hydrogens (tertiary/aromatic N) is 1. The highest BCUT2D eigenvalue weighted by Gasteiger charge is 2.14. The number of carbonyl (C=O) groups excluding carboxylic acids is 2. The zero-order valence-electron chi connectivity index (χ0n) is 12.2. The van der Waals surface area contributed by atoms with Crippen molar-refractivity contribution in [2.75, 3.05) is 6.61 Å². The van der Waals surface area contributed by atoms with Crippen LogP contribution in [0, 0.1) is 17.2 Å². The Labute approximate surface area is 124 Å². The zero-order valence-corrected chi connectivity index (χ0v) is 12.2. The van der Waals surface area contributed by atoms with Crippen molar-refractivity contribution in [3.8, 4) is 11.8 Å². The number of rotatable bonds is 6. The van der Waals surface area contributed by atoms with Crippen LogP contribution in [-0.4, -0.2) is 18.4 Å². The average Bonchev–Trinajstić information content (AvgIpc) is 2.52. The first-order chi connectivity index (χ1) is 10.1. The van der Waals surface area contributed by atoms with Gasteiger partial charge in [0.25, 0.3) is 5.91 Å². The Kier molecular flexibility index (Phi) is 6.75. The van der Waals surface area contributed by atoms with Gasteiger partial charge in [0, 0.05) is 5.92 Å². The highest BCUT2D eigenvalue weighted by Crippen LogP contribution is 2.11. The van der Waals surface area contributed by atoms with E-state index in [0.29, 0.717) is 11.3 Å². The molecule has 0 aliphatic carbocycles. The van der Waals surface area contributed by atoms with E-state index in [-0.39, 0.29) is 18.4 Å². The maximum absolute atomic E-state index is 11.7. The van der Waals surface area contributed by atoms with Gasteiger partial charge in [0.15, 0.2) is 6.61 Å². The number of carbonyl (C=O) groups is 2. The molecule has 0 aliphatic rings. The minimum Gasteiger partial charge on any atom is -0.484 e. The highest BCUT2D eigenvalue weighted by molar-refractivity contribution is 5.83. The third-order valence-corrected chi connectivity index (χ3v) is 3.03. The van der Waals surface area contributed by atoms with Crippen LogP contribution in [0.2, 0.25) is 0 Å². The van der Waals surface area contributed by atoms with Gasteiger partial charge in [-0.25, -0.2) is 0 Å². The molecular formula is C15H19N3O3. The Morgan fingerprint density at radius 3 is 2.33 bits per heavy atom. The summed E-state index contributed by atoms with van der Waals surface area (Å²) in [6.45, 7) is 3.63. The van der Waals surface area contributed by atoms with Crippen LogP contribution in [-0.2, 0) is 9.59 Å². The van der Waals surface area contributed by atoms with Gasteiger partial charge in [-0.1, -0.05) is 13.8 Å². The van der Waals surface area contributed by atoms with Gasteiger partial charge in [-0.05, 0) is 37.1 Å². The van der Waals surface area contributed by atoms with Crippen LogP contribution in [0.3, 0.4) is 0 Å². The summed E-state index contributed by atoms with van der Waals surface area (Å²) >= 11 is 0. The molecule has 0 fully saturated rings. The van der Waals surface area contributed by atoms with Crippen molar-refractivity contribution >= 4 is 11.8 Å². The van der Waals surface area contributed by atoms with Crippen molar-refractivity contribution in [2.24, 2.45) is 5.92 Å². The number of hydrazine groups is 1. The summed E-state index contributed by atoms with van der Waals surface area (Å²) in [5, 5.41) is 8.66. The number of nitriles is 1. The fraction of sp³-hybridized carbons (Fsp3) is 0.400. The molecule has 0 bridgehead atoms. The molecule has 1 aromatic carbocycles. The molecule has 2 N–H and O–H groups in total. The Balaban J connectivity index is 2.34. The van der Waals surface area contributed by atoms with Crippen LogP contribution >= 0.6 is 0 Å². The largest absolute Gasteiger partial charge is 0.484 e. The quantitative estimate of drug-likeness (QED) is 0.777. The molecule has 0 aliphatic heterocycles. The van der Waals surface area contributed by atoms with Gasteiger partial charge in [0.05, 0.1) is 11.6 Å². The normalized spacial score (nSPS) is 9.81. The van der Waals surface area contributed by atoms with E-state index in [1.54, 1.807) is 24.3 Å². The second-order valence-corrected chi connectivity index (χ2v) is 4.48. The molecule has 0 heterocycles. The molecule has 1 aromatic rings. The summed E-state index contributed by atoms with van der Waals surface area (Å²) < 4.78 is 5.24. The minimum absolute atomic E-state index is 0.107. The van der Waals surface area contributed by atoms with Gasteiger partial charge >= 0.3 is 0 Å². The second-order valence-electron chi connectivity index (χ2n) is 4.48. The predicted octanol–water partition coefficient (Wildman–Crippen LogP) is 1.52. The zero-order chi connectivity index (χ0) is 15.7. The van der Waals surface area contributed by atoms with Crippen LogP contribution in [0.25, 0.3) is 0 Å². The third kappa shape index (κ3) is 5.53. The summed E-state index contributed by atoms with van der Waals surface area (Å²) in [6, 6.07) is 8.40. The Morgan fingerprint density at radius 2 is 1.81 bits per heavy atom. The first-order valence-electron chi connectivity index (χ1n) is 6.82. The SMILES string of the molecule is CCC(CC)C(=O)NNC(=O)COc1ccc(C#N)cc1. The lowest BCUT2D eigenvalue weighted by atomic mass is 10.0. The van der Waals surface area contributed by atoms with E-state index in [0.717, 1.165) is 12.8 Å². The monoisotopic (exact) mass is 289 g/mol. The second kappa shape index (κ2) is 8.59. The van der Waals surface area contributed by atoms with Gasteiger partial charge in [0.2, 0.25) is 5.91 Å². The van der Waals surface area contributed by atoms with E-state index in [2.05, 4.69) is 10.9 Å². The number of nitrogens with one attached hydrogen (secondary N) is 2. The Bertz CT molecular complexity index is 516. The molecule has 112 valence electrons. The van der Waals surface area contributed by atoms with E-state index in [1.165, 1.54) is 0 Å². The lowest BCUT2D eigenvalue weighted by molar-refractivity contribution is -0.132. The van der Waals surface area contributed by atoms with Crippen LogP contribution in [0.15, 0.2) is 24.3 Å². The lowest BCUT2D eigenvalue weighted by Crippen LogP contribution is -2.46. The lowest BCUT2D eigenvalue weighted by Gasteiger charge is -2.13. The third-order valence-electron chi connectivity index (χ3n) is 3.03.